The maximum absolute atomic E-state index is 5.86. The smallest absolute Gasteiger partial charge is 0.188 e. The summed E-state index contributed by atoms with van der Waals surface area (Å²) in [5, 5.41) is 3.04. The molecule has 0 aliphatic heterocycles. The van der Waals surface area contributed by atoms with Crippen LogP contribution in [0.25, 0.3) is 0 Å². The molecule has 1 rings (SSSR count). The van der Waals surface area contributed by atoms with Crippen LogP contribution in [0.4, 0.5) is 0 Å². The topological polar surface area (TPSA) is 66.8 Å². The lowest BCUT2D eigenvalue weighted by atomic mass is 10.2. The van der Waals surface area contributed by atoms with Gasteiger partial charge in [-0.3, -0.25) is 9.89 Å². The molecule has 0 saturated carbocycles. The zero-order chi connectivity index (χ0) is 15.0. The van der Waals surface area contributed by atoms with Crippen molar-refractivity contribution in [3.63, 3.8) is 0 Å². The van der Waals surface area contributed by atoms with Gasteiger partial charge in [0.2, 0.25) is 0 Å². The Labute approximate surface area is 144 Å². The Morgan fingerprint density at radius 2 is 2.14 bits per heavy atom. The Morgan fingerprint density at radius 3 is 2.62 bits per heavy atom. The van der Waals surface area contributed by atoms with E-state index in [0.29, 0.717) is 19.0 Å². The quantitative estimate of drug-likeness (QED) is 0.302. The van der Waals surface area contributed by atoms with Crippen molar-refractivity contribution in [3.05, 3.63) is 36.3 Å². The van der Waals surface area contributed by atoms with E-state index in [9.17, 15) is 0 Å². The lowest BCUT2D eigenvalue weighted by Gasteiger charge is -2.26. The molecule has 0 aliphatic carbocycles. The summed E-state index contributed by atoms with van der Waals surface area (Å²) in [6, 6.07) is 4.00. The third-order valence-electron chi connectivity index (χ3n) is 3.13. The zero-order valence-corrected chi connectivity index (χ0v) is 15.5. The predicted octanol–water partition coefficient (Wildman–Crippen LogP) is 2.76. The molecule has 1 atom stereocenters. The van der Waals surface area contributed by atoms with Gasteiger partial charge in [-0.25, -0.2) is 0 Å². The number of hydrogen-bond acceptors (Lipinski definition) is 3. The number of furan rings is 1. The molecule has 0 saturated heterocycles. The van der Waals surface area contributed by atoms with E-state index in [-0.39, 0.29) is 30.0 Å². The van der Waals surface area contributed by atoms with E-state index in [1.807, 2.05) is 19.1 Å². The molecule has 0 spiro atoms. The molecule has 120 valence electrons. The highest BCUT2D eigenvalue weighted by Crippen LogP contribution is 2.21. The van der Waals surface area contributed by atoms with Gasteiger partial charge in [0, 0.05) is 6.54 Å². The highest BCUT2D eigenvalue weighted by molar-refractivity contribution is 14.0. The Bertz CT molecular complexity index is 427. The van der Waals surface area contributed by atoms with Crippen LogP contribution in [-0.2, 0) is 0 Å². The second-order valence-electron chi connectivity index (χ2n) is 4.79. The summed E-state index contributed by atoms with van der Waals surface area (Å²) in [4.78, 5) is 6.71. The van der Waals surface area contributed by atoms with Gasteiger partial charge in [0.25, 0.3) is 0 Å². The minimum Gasteiger partial charge on any atom is -0.468 e. The van der Waals surface area contributed by atoms with Crippen LogP contribution in [0.1, 0.15) is 32.6 Å². The second-order valence-corrected chi connectivity index (χ2v) is 4.79. The van der Waals surface area contributed by atoms with Gasteiger partial charge in [-0.05, 0) is 32.1 Å². The number of nitrogens with two attached hydrogens (primary N) is 1. The largest absolute Gasteiger partial charge is 0.468 e. The van der Waals surface area contributed by atoms with Gasteiger partial charge in [-0.1, -0.05) is 26.0 Å². The van der Waals surface area contributed by atoms with Crippen molar-refractivity contribution in [3.8, 4) is 0 Å². The molecule has 0 aliphatic rings. The third kappa shape index (κ3) is 6.99. The first kappa shape index (κ1) is 20.0. The number of likely N-dealkylation sites (N-methyl/N-ethyl adjacent to an activating group) is 1. The fourth-order valence-electron chi connectivity index (χ4n) is 2.01. The highest BCUT2D eigenvalue weighted by Gasteiger charge is 2.20. The number of guanidine groups is 1. The SMILES string of the molecule is C=C(C)CNC(N)=NCC(c1ccco1)N(CC)CC.I. The first-order valence-corrected chi connectivity index (χ1v) is 7.04. The van der Waals surface area contributed by atoms with E-state index in [4.69, 9.17) is 10.2 Å². The van der Waals surface area contributed by atoms with Gasteiger partial charge < -0.3 is 15.5 Å². The molecule has 1 unspecified atom stereocenters. The summed E-state index contributed by atoms with van der Waals surface area (Å²) in [6.07, 6.45) is 1.69. The molecule has 0 aromatic carbocycles. The van der Waals surface area contributed by atoms with Gasteiger partial charge in [-0.2, -0.15) is 0 Å². The first-order valence-electron chi connectivity index (χ1n) is 7.04. The van der Waals surface area contributed by atoms with Crippen molar-refractivity contribution < 1.29 is 4.42 Å². The van der Waals surface area contributed by atoms with Gasteiger partial charge in [0.05, 0.1) is 18.8 Å². The average molecular weight is 406 g/mol. The van der Waals surface area contributed by atoms with Crippen LogP contribution in [0.5, 0.6) is 0 Å². The normalized spacial score (nSPS) is 12.9. The van der Waals surface area contributed by atoms with Gasteiger partial charge in [-0.15, -0.1) is 24.0 Å². The summed E-state index contributed by atoms with van der Waals surface area (Å²) >= 11 is 0. The van der Waals surface area contributed by atoms with E-state index in [0.717, 1.165) is 24.4 Å². The van der Waals surface area contributed by atoms with E-state index in [2.05, 4.69) is 35.6 Å². The molecule has 0 radical (unpaired) electrons. The Morgan fingerprint density at radius 1 is 1.48 bits per heavy atom. The van der Waals surface area contributed by atoms with Crippen molar-refractivity contribution in [2.45, 2.75) is 26.8 Å². The van der Waals surface area contributed by atoms with Crippen molar-refractivity contribution in [2.24, 2.45) is 10.7 Å². The Hall–Kier alpha value is -1.02. The molecule has 0 amide bonds. The van der Waals surface area contributed by atoms with Crippen LogP contribution >= 0.6 is 24.0 Å². The van der Waals surface area contributed by atoms with Gasteiger partial charge in [0.15, 0.2) is 5.96 Å². The van der Waals surface area contributed by atoms with Crippen LogP contribution in [0.3, 0.4) is 0 Å². The molecule has 3 N–H and O–H groups in total. The molecule has 1 heterocycles. The first-order chi connectivity index (χ1) is 9.58. The van der Waals surface area contributed by atoms with Crippen molar-refractivity contribution in [2.75, 3.05) is 26.2 Å². The Balaban J connectivity index is 0.00000400. The van der Waals surface area contributed by atoms with Crippen LogP contribution in [-0.4, -0.2) is 37.0 Å². The molecule has 1 aromatic heterocycles. The fourth-order valence-corrected chi connectivity index (χ4v) is 2.01. The number of hydrogen-bond donors (Lipinski definition) is 2. The van der Waals surface area contributed by atoms with E-state index in [1.165, 1.54) is 0 Å². The van der Waals surface area contributed by atoms with E-state index >= 15 is 0 Å². The Kier molecular flexibility index (Phi) is 10.2. The standard InChI is InChI=1S/C15H26N4O.HI/c1-5-19(6-2)13(14-8-7-9-20-14)11-18-15(16)17-10-12(3)4;/h7-9,13H,3,5-6,10-11H2,1-2,4H3,(H3,16,17,18);1H. The molecule has 21 heavy (non-hydrogen) atoms. The molecule has 0 bridgehead atoms. The summed E-state index contributed by atoms with van der Waals surface area (Å²) in [6.45, 7) is 13.1. The minimum atomic E-state index is 0. The zero-order valence-electron chi connectivity index (χ0n) is 13.1. The highest BCUT2D eigenvalue weighted by atomic mass is 127. The van der Waals surface area contributed by atoms with Gasteiger partial charge >= 0.3 is 0 Å². The number of rotatable bonds is 8. The second kappa shape index (κ2) is 10.7. The number of nitrogens with zero attached hydrogens (tertiary/aromatic N) is 2. The number of nitrogens with one attached hydrogen (secondary N) is 1. The maximum Gasteiger partial charge on any atom is 0.188 e. The summed E-state index contributed by atoms with van der Waals surface area (Å²) in [5.74, 6) is 1.36. The minimum absolute atomic E-state index is 0. The molecular formula is C15H27IN4O. The number of aliphatic imine (C=N–C) groups is 1. The molecular weight excluding hydrogens is 379 g/mol. The van der Waals surface area contributed by atoms with E-state index in [1.54, 1.807) is 6.26 Å². The van der Waals surface area contributed by atoms with Crippen LogP contribution in [0.2, 0.25) is 0 Å². The predicted molar refractivity (Wildman–Crippen MR) is 99.1 cm³/mol. The maximum atomic E-state index is 5.86. The average Bonchev–Trinajstić information content (AvgIpc) is 2.94. The van der Waals surface area contributed by atoms with Crippen molar-refractivity contribution >= 4 is 29.9 Å². The summed E-state index contributed by atoms with van der Waals surface area (Å²) in [5.41, 5.74) is 6.88. The van der Waals surface area contributed by atoms with Crippen molar-refractivity contribution in [1.82, 2.24) is 10.2 Å². The van der Waals surface area contributed by atoms with Crippen LogP contribution in [0.15, 0.2) is 40.0 Å². The molecule has 0 fully saturated rings. The lowest BCUT2D eigenvalue weighted by Crippen LogP contribution is -2.35. The lowest BCUT2D eigenvalue weighted by molar-refractivity contribution is 0.198. The molecule has 1 aromatic rings. The van der Waals surface area contributed by atoms with E-state index < -0.39 is 0 Å². The van der Waals surface area contributed by atoms with Crippen LogP contribution in [0, 0.1) is 0 Å². The van der Waals surface area contributed by atoms with Gasteiger partial charge in [0.1, 0.15) is 5.76 Å². The van der Waals surface area contributed by atoms with Crippen molar-refractivity contribution in [1.29, 1.82) is 0 Å². The fraction of sp³-hybridized carbons (Fsp3) is 0.533. The third-order valence-corrected chi connectivity index (χ3v) is 3.13. The number of halogens is 1. The summed E-state index contributed by atoms with van der Waals surface area (Å²) in [7, 11) is 0. The molecule has 5 nitrogen and oxygen atoms in total. The summed E-state index contributed by atoms with van der Waals surface area (Å²) < 4.78 is 5.52. The monoisotopic (exact) mass is 406 g/mol. The van der Waals surface area contributed by atoms with Crippen LogP contribution < -0.4 is 11.1 Å². The molecule has 6 heteroatoms.